The Balaban J connectivity index is 2.66. The van der Waals surface area contributed by atoms with Crippen LogP contribution >= 0.6 is 0 Å². The lowest BCUT2D eigenvalue weighted by Crippen LogP contribution is -2.24. The number of carbonyl (C=O) groups excluding carboxylic acids is 2. The first-order chi connectivity index (χ1) is 8.72. The third kappa shape index (κ3) is 2.22. The molecular weight excluding hydrogens is 270 g/mol. The normalized spacial score (nSPS) is 15.9. The molecule has 100 valence electrons. The summed E-state index contributed by atoms with van der Waals surface area (Å²) in [5.41, 5.74) is 10.8. The molecule has 0 saturated carbocycles. The Labute approximate surface area is 109 Å². The van der Waals surface area contributed by atoms with Crippen molar-refractivity contribution in [3.63, 3.8) is 0 Å². The van der Waals surface area contributed by atoms with Crippen LogP contribution in [0.2, 0.25) is 0 Å². The van der Waals surface area contributed by atoms with Crippen LogP contribution in [0.25, 0.3) is 0 Å². The summed E-state index contributed by atoms with van der Waals surface area (Å²) in [5, 5.41) is 0. The second-order valence-electron chi connectivity index (χ2n) is 4.19. The van der Waals surface area contributed by atoms with Crippen LogP contribution in [0.15, 0.2) is 22.0 Å². The van der Waals surface area contributed by atoms with Gasteiger partial charge in [0.15, 0.2) is 21.6 Å². The summed E-state index contributed by atoms with van der Waals surface area (Å²) < 4.78 is 23.5. The Morgan fingerprint density at radius 1 is 1.32 bits per heavy atom. The number of sulfone groups is 1. The van der Waals surface area contributed by atoms with Crippen molar-refractivity contribution in [3.8, 4) is 0 Å². The summed E-state index contributed by atoms with van der Waals surface area (Å²) in [6.07, 6.45) is 0. The average Bonchev–Trinajstić information content (AvgIpc) is 2.47. The van der Waals surface area contributed by atoms with E-state index in [4.69, 9.17) is 11.5 Å². The van der Waals surface area contributed by atoms with Gasteiger partial charge in [0.1, 0.15) is 5.75 Å². The highest BCUT2D eigenvalue weighted by Crippen LogP contribution is 2.29. The van der Waals surface area contributed by atoms with Crippen LogP contribution in [0.4, 0.5) is 0 Å². The van der Waals surface area contributed by atoms with E-state index in [-0.39, 0.29) is 16.0 Å². The average molecular weight is 281 g/mol. The van der Waals surface area contributed by atoms with Gasteiger partial charge in [-0.15, -0.1) is 0 Å². The van der Waals surface area contributed by atoms with Crippen molar-refractivity contribution >= 4 is 27.5 Å². The van der Waals surface area contributed by atoms with Gasteiger partial charge in [0.25, 0.3) is 5.91 Å². The number of guanidine groups is 1. The number of rotatable bonds is 1. The third-order valence-electron chi connectivity index (χ3n) is 2.74. The van der Waals surface area contributed by atoms with Gasteiger partial charge in [-0.2, -0.15) is 4.99 Å². The molecule has 1 heterocycles. The monoisotopic (exact) mass is 281 g/mol. The zero-order valence-corrected chi connectivity index (χ0v) is 10.8. The molecule has 4 N–H and O–H groups in total. The van der Waals surface area contributed by atoms with Crippen LogP contribution in [-0.2, 0) is 9.84 Å². The fourth-order valence-corrected chi connectivity index (χ4v) is 3.36. The highest BCUT2D eigenvalue weighted by molar-refractivity contribution is 7.92. The highest BCUT2D eigenvalue weighted by Gasteiger charge is 2.34. The van der Waals surface area contributed by atoms with Crippen molar-refractivity contribution in [1.82, 2.24) is 0 Å². The lowest BCUT2D eigenvalue weighted by molar-refractivity contribution is 0.0995. The van der Waals surface area contributed by atoms with Gasteiger partial charge in [-0.05, 0) is 24.6 Å². The molecule has 1 aromatic carbocycles. The molecule has 0 bridgehead atoms. The van der Waals surface area contributed by atoms with Crippen molar-refractivity contribution in [2.45, 2.75) is 11.8 Å². The van der Waals surface area contributed by atoms with Gasteiger partial charge in [0, 0.05) is 11.1 Å². The minimum Gasteiger partial charge on any atom is -0.370 e. The number of aliphatic imine (C=N–C) groups is 1. The van der Waals surface area contributed by atoms with Gasteiger partial charge >= 0.3 is 0 Å². The summed E-state index contributed by atoms with van der Waals surface area (Å²) in [4.78, 5) is 26.5. The fourth-order valence-electron chi connectivity index (χ4n) is 1.90. The van der Waals surface area contributed by atoms with E-state index < -0.39 is 33.2 Å². The molecule has 0 spiro atoms. The van der Waals surface area contributed by atoms with Crippen molar-refractivity contribution in [1.29, 1.82) is 0 Å². The molecule has 0 saturated heterocycles. The number of fused-ring (bicyclic) bond motifs is 1. The molecule has 8 heteroatoms. The maximum absolute atomic E-state index is 11.8. The van der Waals surface area contributed by atoms with Gasteiger partial charge in [-0.1, -0.05) is 0 Å². The number of nitrogens with two attached hydrogens (primary N) is 2. The standard InChI is InChI=1S/C11H11N3O4S/c1-5-2-7-8(15)4-19(17,18)9(7)3-6(5)10(16)14-11(12)13/h2-3H,4H2,1H3,(H4,12,13,14,16). The second kappa shape index (κ2) is 4.16. The lowest BCUT2D eigenvalue weighted by atomic mass is 10.0. The molecule has 0 atom stereocenters. The SMILES string of the molecule is Cc1cc2c(cc1C(=O)N=C(N)N)S(=O)(=O)CC2=O. The van der Waals surface area contributed by atoms with Crippen LogP contribution in [0.3, 0.4) is 0 Å². The van der Waals surface area contributed by atoms with Crippen LogP contribution in [0.5, 0.6) is 0 Å². The van der Waals surface area contributed by atoms with Crippen LogP contribution < -0.4 is 11.5 Å². The van der Waals surface area contributed by atoms with E-state index in [9.17, 15) is 18.0 Å². The minimum absolute atomic E-state index is 0.0606. The third-order valence-corrected chi connectivity index (χ3v) is 4.39. The Morgan fingerprint density at radius 2 is 1.95 bits per heavy atom. The van der Waals surface area contributed by atoms with E-state index in [0.717, 1.165) is 6.07 Å². The number of benzene rings is 1. The summed E-state index contributed by atoms with van der Waals surface area (Å²) in [6, 6.07) is 2.53. The van der Waals surface area contributed by atoms with Crippen molar-refractivity contribution in [2.24, 2.45) is 16.5 Å². The topological polar surface area (TPSA) is 133 Å². The maximum atomic E-state index is 11.8. The molecule has 7 nitrogen and oxygen atoms in total. The lowest BCUT2D eigenvalue weighted by Gasteiger charge is -2.05. The van der Waals surface area contributed by atoms with Crippen LogP contribution in [0, 0.1) is 6.92 Å². The van der Waals surface area contributed by atoms with Crippen molar-refractivity contribution < 1.29 is 18.0 Å². The van der Waals surface area contributed by atoms with E-state index >= 15 is 0 Å². The van der Waals surface area contributed by atoms with Gasteiger partial charge in [0.2, 0.25) is 0 Å². The molecule has 0 fully saturated rings. The van der Waals surface area contributed by atoms with Crippen LogP contribution in [0.1, 0.15) is 26.3 Å². The largest absolute Gasteiger partial charge is 0.370 e. The number of amides is 1. The van der Waals surface area contributed by atoms with E-state index in [0.29, 0.717) is 5.56 Å². The van der Waals surface area contributed by atoms with Crippen molar-refractivity contribution in [2.75, 3.05) is 5.75 Å². The molecule has 0 unspecified atom stereocenters. The second-order valence-corrected chi connectivity index (χ2v) is 6.15. The number of aryl methyl sites for hydroxylation is 1. The molecular formula is C11H11N3O4S. The number of hydrogen-bond acceptors (Lipinski definition) is 4. The number of carbonyl (C=O) groups is 2. The van der Waals surface area contributed by atoms with E-state index in [2.05, 4.69) is 4.99 Å². The number of nitrogens with zero attached hydrogens (tertiary/aromatic N) is 1. The first-order valence-corrected chi connectivity index (χ1v) is 6.92. The molecule has 1 amide bonds. The summed E-state index contributed by atoms with van der Waals surface area (Å²) in [7, 11) is -3.67. The Hall–Kier alpha value is -2.22. The summed E-state index contributed by atoms with van der Waals surface area (Å²) in [5.74, 6) is -2.19. The Kier molecular flexibility index (Phi) is 2.90. The quantitative estimate of drug-likeness (QED) is 0.520. The van der Waals surface area contributed by atoms with Gasteiger partial charge in [0.05, 0.1) is 4.90 Å². The molecule has 19 heavy (non-hydrogen) atoms. The van der Waals surface area contributed by atoms with Gasteiger partial charge in [-0.3, -0.25) is 9.59 Å². The summed E-state index contributed by atoms with van der Waals surface area (Å²) in [6.45, 7) is 1.58. The Morgan fingerprint density at radius 3 is 2.53 bits per heavy atom. The van der Waals surface area contributed by atoms with Gasteiger partial charge < -0.3 is 11.5 Å². The highest BCUT2D eigenvalue weighted by atomic mass is 32.2. The maximum Gasteiger partial charge on any atom is 0.280 e. The molecule has 2 rings (SSSR count). The van der Waals surface area contributed by atoms with Crippen LogP contribution in [-0.4, -0.2) is 31.8 Å². The predicted molar refractivity (Wildman–Crippen MR) is 67.7 cm³/mol. The first kappa shape index (κ1) is 13.2. The molecule has 1 aliphatic rings. The predicted octanol–water partition coefficient (Wildman–Crippen LogP) is -0.621. The molecule has 0 aliphatic carbocycles. The van der Waals surface area contributed by atoms with E-state index in [1.807, 2.05) is 0 Å². The fraction of sp³-hybridized carbons (Fsp3) is 0.182. The van der Waals surface area contributed by atoms with Gasteiger partial charge in [-0.25, -0.2) is 8.42 Å². The number of hydrogen-bond donors (Lipinski definition) is 2. The zero-order chi connectivity index (χ0) is 14.4. The number of Topliss-reactive ketones (excluding diaryl/α,β-unsaturated/α-hetero) is 1. The smallest absolute Gasteiger partial charge is 0.280 e. The molecule has 1 aliphatic heterocycles. The minimum atomic E-state index is -3.67. The van der Waals surface area contributed by atoms with E-state index in [1.165, 1.54) is 6.07 Å². The molecule has 0 aromatic heterocycles. The number of ketones is 1. The zero-order valence-electron chi connectivity index (χ0n) is 10.0. The van der Waals surface area contributed by atoms with Crippen molar-refractivity contribution in [3.05, 3.63) is 28.8 Å². The van der Waals surface area contributed by atoms with E-state index in [1.54, 1.807) is 6.92 Å². The summed E-state index contributed by atoms with van der Waals surface area (Å²) >= 11 is 0. The Bertz CT molecular complexity index is 731. The molecule has 1 aromatic rings. The molecule has 0 radical (unpaired) electrons. The first-order valence-electron chi connectivity index (χ1n) is 5.27.